The summed E-state index contributed by atoms with van der Waals surface area (Å²) >= 11 is 0. The largest absolute Gasteiger partial charge is 0.495 e. The number of hydrogen-bond acceptors (Lipinski definition) is 6. The number of piperazine rings is 1. The zero-order valence-corrected chi connectivity index (χ0v) is 18.6. The van der Waals surface area contributed by atoms with Gasteiger partial charge in [0, 0.05) is 44.6 Å². The van der Waals surface area contributed by atoms with Crippen molar-refractivity contribution in [2.75, 3.05) is 43.1 Å². The number of benzene rings is 2. The van der Waals surface area contributed by atoms with Crippen LogP contribution in [0.5, 0.6) is 5.75 Å². The minimum absolute atomic E-state index is 0.105. The summed E-state index contributed by atoms with van der Waals surface area (Å²) in [5.74, 6) is 0.863. The van der Waals surface area contributed by atoms with E-state index in [0.717, 1.165) is 43.2 Å². The van der Waals surface area contributed by atoms with Crippen molar-refractivity contribution < 1.29 is 17.5 Å². The number of para-hydroxylation sites is 1. The number of halogens is 1. The van der Waals surface area contributed by atoms with Crippen LogP contribution in [0.25, 0.3) is 0 Å². The molecule has 0 bridgehead atoms. The Hall–Kier alpha value is -3.17. The predicted molar refractivity (Wildman–Crippen MR) is 122 cm³/mol. The van der Waals surface area contributed by atoms with Crippen LogP contribution in [-0.2, 0) is 16.6 Å². The number of nitrogens with one attached hydrogen (secondary N) is 1. The second-order valence-electron chi connectivity index (χ2n) is 7.45. The molecule has 1 aliphatic rings. The van der Waals surface area contributed by atoms with Crippen molar-refractivity contribution in [3.8, 4) is 5.75 Å². The fourth-order valence-electron chi connectivity index (χ4n) is 3.69. The van der Waals surface area contributed by atoms with E-state index in [2.05, 4.69) is 19.5 Å². The second kappa shape index (κ2) is 9.54. The van der Waals surface area contributed by atoms with Gasteiger partial charge in [-0.3, -0.25) is 0 Å². The summed E-state index contributed by atoms with van der Waals surface area (Å²) in [6.45, 7) is 3.25. The van der Waals surface area contributed by atoms with Gasteiger partial charge in [-0.05, 0) is 54.1 Å². The van der Waals surface area contributed by atoms with Gasteiger partial charge in [0.2, 0.25) is 10.0 Å². The van der Waals surface area contributed by atoms with Crippen molar-refractivity contribution in [2.24, 2.45) is 0 Å². The van der Waals surface area contributed by atoms with E-state index in [1.165, 1.54) is 25.3 Å². The third-order valence-corrected chi connectivity index (χ3v) is 6.87. The van der Waals surface area contributed by atoms with Crippen LogP contribution in [0.15, 0.2) is 71.8 Å². The zero-order chi connectivity index (χ0) is 22.6. The van der Waals surface area contributed by atoms with E-state index in [-0.39, 0.29) is 17.3 Å². The molecular formula is C23H25FN4O3S. The second-order valence-corrected chi connectivity index (χ2v) is 9.18. The lowest BCUT2D eigenvalue weighted by atomic mass is 10.2. The summed E-state index contributed by atoms with van der Waals surface area (Å²) in [7, 11) is -2.28. The summed E-state index contributed by atoms with van der Waals surface area (Å²) in [5, 5.41) is 0. The molecule has 1 saturated heterocycles. The first-order valence-corrected chi connectivity index (χ1v) is 11.8. The fourth-order valence-corrected chi connectivity index (χ4v) is 4.87. The van der Waals surface area contributed by atoms with Gasteiger partial charge in [0.1, 0.15) is 22.3 Å². The Morgan fingerprint density at radius 2 is 1.69 bits per heavy atom. The first kappa shape index (κ1) is 22.0. The Morgan fingerprint density at radius 1 is 1.00 bits per heavy atom. The maximum absolute atomic E-state index is 13.2. The molecule has 7 nitrogen and oxygen atoms in total. The number of ether oxygens (including phenoxy) is 1. The molecule has 1 aromatic heterocycles. The van der Waals surface area contributed by atoms with Crippen molar-refractivity contribution in [2.45, 2.75) is 11.4 Å². The van der Waals surface area contributed by atoms with Gasteiger partial charge in [0.15, 0.2) is 0 Å². The SMILES string of the molecule is COc1ccccc1S(=O)(=O)NCc1ccnc(N2CCN(c3ccc(F)cc3)CC2)c1. The van der Waals surface area contributed by atoms with Crippen LogP contribution in [0, 0.1) is 5.82 Å². The lowest BCUT2D eigenvalue weighted by Crippen LogP contribution is -2.46. The molecule has 0 amide bonds. The lowest BCUT2D eigenvalue weighted by molar-refractivity contribution is 0.402. The summed E-state index contributed by atoms with van der Waals surface area (Å²) in [6.07, 6.45) is 1.69. The number of sulfonamides is 1. The van der Waals surface area contributed by atoms with Gasteiger partial charge in [-0.15, -0.1) is 0 Å². The molecule has 0 aliphatic carbocycles. The van der Waals surface area contributed by atoms with Crippen LogP contribution in [0.3, 0.4) is 0 Å². The lowest BCUT2D eigenvalue weighted by Gasteiger charge is -2.36. The van der Waals surface area contributed by atoms with Crippen molar-refractivity contribution >= 4 is 21.5 Å². The number of rotatable bonds is 7. The normalized spacial score (nSPS) is 14.4. The first-order valence-electron chi connectivity index (χ1n) is 10.3. The molecule has 1 aliphatic heterocycles. The monoisotopic (exact) mass is 456 g/mol. The molecule has 0 atom stereocenters. The van der Waals surface area contributed by atoms with Crippen LogP contribution < -0.4 is 19.3 Å². The molecule has 2 aromatic carbocycles. The maximum Gasteiger partial charge on any atom is 0.244 e. The Labute approximate surface area is 187 Å². The van der Waals surface area contributed by atoms with Gasteiger partial charge < -0.3 is 14.5 Å². The molecule has 0 radical (unpaired) electrons. The summed E-state index contributed by atoms with van der Waals surface area (Å²) in [4.78, 5) is 8.94. The first-order chi connectivity index (χ1) is 15.5. The minimum Gasteiger partial charge on any atom is -0.495 e. The molecule has 32 heavy (non-hydrogen) atoms. The zero-order valence-electron chi connectivity index (χ0n) is 17.7. The van der Waals surface area contributed by atoms with Gasteiger partial charge in [0.25, 0.3) is 0 Å². The molecule has 4 rings (SSSR count). The van der Waals surface area contributed by atoms with Crippen LogP contribution in [0.2, 0.25) is 0 Å². The Balaban J connectivity index is 1.39. The van der Waals surface area contributed by atoms with E-state index < -0.39 is 10.0 Å². The quantitative estimate of drug-likeness (QED) is 0.589. The predicted octanol–water partition coefficient (Wildman–Crippen LogP) is 3.03. The van der Waals surface area contributed by atoms with Gasteiger partial charge in [-0.1, -0.05) is 12.1 Å². The molecular weight excluding hydrogens is 431 g/mol. The molecule has 1 N–H and O–H groups in total. The molecule has 168 valence electrons. The third-order valence-electron chi connectivity index (χ3n) is 5.43. The minimum atomic E-state index is -3.72. The van der Waals surface area contributed by atoms with E-state index in [0.29, 0.717) is 5.75 Å². The topological polar surface area (TPSA) is 74.8 Å². The van der Waals surface area contributed by atoms with Crippen molar-refractivity contribution in [3.63, 3.8) is 0 Å². The van der Waals surface area contributed by atoms with Crippen molar-refractivity contribution in [1.82, 2.24) is 9.71 Å². The maximum atomic E-state index is 13.2. The molecule has 0 unspecified atom stereocenters. The summed E-state index contributed by atoms with van der Waals surface area (Å²) < 4.78 is 46.4. The highest BCUT2D eigenvalue weighted by molar-refractivity contribution is 7.89. The third kappa shape index (κ3) is 5.00. The molecule has 1 fully saturated rings. The standard InChI is InChI=1S/C23H25FN4O3S/c1-31-21-4-2-3-5-22(21)32(29,30)26-17-18-10-11-25-23(16-18)28-14-12-27(13-15-28)20-8-6-19(24)7-9-20/h2-11,16,26H,12-15,17H2,1H3. The highest BCUT2D eigenvalue weighted by Crippen LogP contribution is 2.23. The molecule has 3 aromatic rings. The highest BCUT2D eigenvalue weighted by Gasteiger charge is 2.20. The van der Waals surface area contributed by atoms with Crippen LogP contribution >= 0.6 is 0 Å². The number of hydrogen-bond donors (Lipinski definition) is 1. The van der Waals surface area contributed by atoms with E-state index >= 15 is 0 Å². The summed E-state index contributed by atoms with van der Waals surface area (Å²) in [6, 6.07) is 16.7. The Morgan fingerprint density at radius 3 is 2.41 bits per heavy atom. The van der Waals surface area contributed by atoms with E-state index in [1.54, 1.807) is 42.6 Å². The fraction of sp³-hybridized carbons (Fsp3) is 0.261. The van der Waals surface area contributed by atoms with Gasteiger partial charge in [-0.2, -0.15) is 0 Å². The van der Waals surface area contributed by atoms with Crippen LogP contribution in [0.1, 0.15) is 5.56 Å². The molecule has 2 heterocycles. The van der Waals surface area contributed by atoms with Crippen molar-refractivity contribution in [1.29, 1.82) is 0 Å². The number of aromatic nitrogens is 1. The highest BCUT2D eigenvalue weighted by atomic mass is 32.2. The van der Waals surface area contributed by atoms with E-state index in [1.807, 2.05) is 6.07 Å². The number of methoxy groups -OCH3 is 1. The Bertz CT molecular complexity index is 1160. The molecule has 9 heteroatoms. The Kier molecular flexibility index (Phi) is 6.57. The van der Waals surface area contributed by atoms with E-state index in [4.69, 9.17) is 4.74 Å². The number of nitrogens with zero attached hydrogens (tertiary/aromatic N) is 3. The number of anilines is 2. The molecule has 0 saturated carbocycles. The average molecular weight is 457 g/mol. The van der Waals surface area contributed by atoms with E-state index in [9.17, 15) is 12.8 Å². The van der Waals surface area contributed by atoms with Gasteiger partial charge in [-0.25, -0.2) is 22.5 Å². The van der Waals surface area contributed by atoms with Gasteiger partial charge >= 0.3 is 0 Å². The van der Waals surface area contributed by atoms with Crippen LogP contribution in [0.4, 0.5) is 15.9 Å². The number of pyridine rings is 1. The van der Waals surface area contributed by atoms with Gasteiger partial charge in [0.05, 0.1) is 7.11 Å². The summed E-state index contributed by atoms with van der Waals surface area (Å²) in [5.41, 5.74) is 1.81. The molecule has 0 spiro atoms. The smallest absolute Gasteiger partial charge is 0.244 e. The average Bonchev–Trinajstić information content (AvgIpc) is 2.83. The van der Waals surface area contributed by atoms with Crippen LogP contribution in [-0.4, -0.2) is 46.7 Å². The van der Waals surface area contributed by atoms with Crippen molar-refractivity contribution in [3.05, 3.63) is 78.2 Å².